The number of hydrogen-bond acceptors (Lipinski definition) is 2. The van der Waals surface area contributed by atoms with Crippen LogP contribution >= 0.6 is 12.4 Å². The lowest BCUT2D eigenvalue weighted by molar-refractivity contribution is -0.135. The lowest BCUT2D eigenvalue weighted by Gasteiger charge is -2.41. The lowest BCUT2D eigenvalue weighted by atomic mass is 9.67. The molecule has 1 aliphatic carbocycles. The van der Waals surface area contributed by atoms with Gasteiger partial charge >= 0.3 is 0 Å². The van der Waals surface area contributed by atoms with Crippen molar-refractivity contribution in [2.75, 3.05) is 26.2 Å². The molecular weight excluding hydrogens is 308 g/mol. The average molecular weight is 343 g/mol. The Morgan fingerprint density at radius 1 is 1.17 bits per heavy atom. The second kappa shape index (κ2) is 7.31. The van der Waals surface area contributed by atoms with E-state index in [1.807, 2.05) is 0 Å². The monoisotopic (exact) mass is 342 g/mol. The van der Waals surface area contributed by atoms with E-state index in [-0.39, 0.29) is 12.4 Å². The van der Waals surface area contributed by atoms with Crippen LogP contribution in [0.4, 0.5) is 0 Å². The third-order valence-electron chi connectivity index (χ3n) is 6.45. The second-order valence-corrected chi connectivity index (χ2v) is 9.29. The van der Waals surface area contributed by atoms with Crippen molar-refractivity contribution in [3.63, 3.8) is 0 Å². The van der Waals surface area contributed by atoms with Gasteiger partial charge in [0.2, 0.25) is 5.91 Å². The number of likely N-dealkylation sites (tertiary alicyclic amines) is 1. The Hall–Kier alpha value is -0.280. The fraction of sp³-hybridized carbons (Fsp3) is 0.947. The number of carbonyl (C=O) groups excluding carboxylic acids is 1. The molecule has 2 atom stereocenters. The summed E-state index contributed by atoms with van der Waals surface area (Å²) >= 11 is 0. The normalized spacial score (nSPS) is 32.6. The topological polar surface area (TPSA) is 32.3 Å². The van der Waals surface area contributed by atoms with E-state index >= 15 is 0 Å². The number of nitrogens with one attached hydrogen (secondary N) is 1. The van der Waals surface area contributed by atoms with Crippen molar-refractivity contribution >= 4 is 18.3 Å². The van der Waals surface area contributed by atoms with Crippen molar-refractivity contribution in [1.82, 2.24) is 10.2 Å². The Bertz CT molecular complexity index is 408. The standard InChI is InChI=1S/C19H34N2O.ClH/c1-15-10-16(13-18(2,3)12-15)11-17(22)21-8-5-19(6-9-21)4-7-20-14-19;/h15-16,20H,4-14H2,1-3H3;1H. The van der Waals surface area contributed by atoms with E-state index in [2.05, 4.69) is 31.0 Å². The smallest absolute Gasteiger partial charge is 0.222 e. The highest BCUT2D eigenvalue weighted by atomic mass is 35.5. The van der Waals surface area contributed by atoms with Crippen LogP contribution in [0, 0.1) is 22.7 Å². The minimum Gasteiger partial charge on any atom is -0.343 e. The van der Waals surface area contributed by atoms with E-state index in [1.54, 1.807) is 0 Å². The first-order chi connectivity index (χ1) is 10.4. The van der Waals surface area contributed by atoms with Gasteiger partial charge in [-0.25, -0.2) is 0 Å². The molecule has 3 rings (SSSR count). The molecule has 2 aliphatic heterocycles. The first kappa shape index (κ1) is 19.1. The minimum atomic E-state index is 0. The largest absolute Gasteiger partial charge is 0.343 e. The third kappa shape index (κ3) is 4.63. The Morgan fingerprint density at radius 3 is 2.43 bits per heavy atom. The van der Waals surface area contributed by atoms with Gasteiger partial charge in [-0.3, -0.25) is 4.79 Å². The molecular formula is C19H35ClN2O. The molecule has 2 unspecified atom stereocenters. The maximum atomic E-state index is 12.7. The summed E-state index contributed by atoms with van der Waals surface area (Å²) in [5.74, 6) is 1.81. The van der Waals surface area contributed by atoms with Gasteiger partial charge in [-0.15, -0.1) is 12.4 Å². The van der Waals surface area contributed by atoms with Gasteiger partial charge in [0.05, 0.1) is 0 Å². The van der Waals surface area contributed by atoms with E-state index < -0.39 is 0 Å². The predicted octanol–water partition coefficient (Wildman–Crippen LogP) is 3.86. The Balaban J connectivity index is 0.00000192. The molecule has 2 heterocycles. The van der Waals surface area contributed by atoms with Crippen molar-refractivity contribution in [1.29, 1.82) is 0 Å². The molecule has 134 valence electrons. The first-order valence-corrected chi connectivity index (χ1v) is 9.36. The molecule has 0 aromatic heterocycles. The van der Waals surface area contributed by atoms with Crippen LogP contribution in [0.5, 0.6) is 0 Å². The van der Waals surface area contributed by atoms with Crippen molar-refractivity contribution in [3.05, 3.63) is 0 Å². The van der Waals surface area contributed by atoms with E-state index in [0.29, 0.717) is 22.7 Å². The summed E-state index contributed by atoms with van der Waals surface area (Å²) in [7, 11) is 0. The van der Waals surface area contributed by atoms with Crippen molar-refractivity contribution < 1.29 is 4.79 Å². The molecule has 1 spiro atoms. The number of hydrogen-bond donors (Lipinski definition) is 1. The molecule has 3 aliphatic rings. The van der Waals surface area contributed by atoms with Crippen molar-refractivity contribution in [2.45, 2.75) is 65.7 Å². The molecule has 1 amide bonds. The summed E-state index contributed by atoms with van der Waals surface area (Å²) in [6.45, 7) is 11.4. The quantitative estimate of drug-likeness (QED) is 0.826. The number of amides is 1. The van der Waals surface area contributed by atoms with Crippen LogP contribution in [0.3, 0.4) is 0 Å². The SMILES string of the molecule is CC1CC(CC(=O)N2CCC3(CCNC3)CC2)CC(C)(C)C1.Cl. The Labute approximate surface area is 148 Å². The van der Waals surface area contributed by atoms with Gasteiger partial charge in [0.1, 0.15) is 0 Å². The molecule has 23 heavy (non-hydrogen) atoms. The lowest BCUT2D eigenvalue weighted by Crippen LogP contribution is -2.44. The number of rotatable bonds is 2. The molecule has 0 radical (unpaired) electrons. The number of nitrogens with zero attached hydrogens (tertiary/aromatic N) is 1. The van der Waals surface area contributed by atoms with Gasteiger partial charge in [-0.05, 0) is 67.7 Å². The van der Waals surface area contributed by atoms with Crippen LogP contribution in [0.2, 0.25) is 0 Å². The molecule has 3 nitrogen and oxygen atoms in total. The van der Waals surface area contributed by atoms with Crippen LogP contribution in [0.1, 0.15) is 65.7 Å². The molecule has 0 aromatic rings. The van der Waals surface area contributed by atoms with Gasteiger partial charge in [0.25, 0.3) is 0 Å². The maximum absolute atomic E-state index is 12.7. The van der Waals surface area contributed by atoms with Crippen LogP contribution in [0.15, 0.2) is 0 Å². The number of halogens is 1. The van der Waals surface area contributed by atoms with Crippen LogP contribution in [0.25, 0.3) is 0 Å². The highest BCUT2D eigenvalue weighted by Gasteiger charge is 2.39. The van der Waals surface area contributed by atoms with Gasteiger partial charge in [-0.1, -0.05) is 20.8 Å². The zero-order valence-corrected chi connectivity index (χ0v) is 16.0. The van der Waals surface area contributed by atoms with Gasteiger partial charge < -0.3 is 10.2 Å². The molecule has 0 aromatic carbocycles. The molecule has 1 saturated carbocycles. The molecule has 3 fully saturated rings. The Morgan fingerprint density at radius 2 is 1.87 bits per heavy atom. The van der Waals surface area contributed by atoms with Crippen LogP contribution in [-0.2, 0) is 4.79 Å². The van der Waals surface area contributed by atoms with Crippen LogP contribution < -0.4 is 5.32 Å². The third-order valence-corrected chi connectivity index (χ3v) is 6.45. The molecule has 4 heteroatoms. The summed E-state index contributed by atoms with van der Waals surface area (Å²) in [6, 6.07) is 0. The average Bonchev–Trinajstić information content (AvgIpc) is 2.85. The van der Waals surface area contributed by atoms with Gasteiger partial charge in [-0.2, -0.15) is 0 Å². The Kier molecular flexibility index (Phi) is 6.05. The zero-order chi connectivity index (χ0) is 15.8. The predicted molar refractivity (Wildman–Crippen MR) is 97.9 cm³/mol. The van der Waals surface area contributed by atoms with E-state index in [0.717, 1.165) is 25.4 Å². The summed E-state index contributed by atoms with van der Waals surface area (Å²) < 4.78 is 0. The highest BCUT2D eigenvalue weighted by molar-refractivity contribution is 5.85. The van der Waals surface area contributed by atoms with E-state index in [1.165, 1.54) is 51.6 Å². The first-order valence-electron chi connectivity index (χ1n) is 9.36. The fourth-order valence-corrected chi connectivity index (χ4v) is 5.53. The summed E-state index contributed by atoms with van der Waals surface area (Å²) in [5, 5.41) is 3.50. The molecule has 0 bridgehead atoms. The summed E-state index contributed by atoms with van der Waals surface area (Å²) in [5.41, 5.74) is 0.933. The maximum Gasteiger partial charge on any atom is 0.222 e. The summed E-state index contributed by atoms with van der Waals surface area (Å²) in [4.78, 5) is 14.9. The second-order valence-electron chi connectivity index (χ2n) is 9.29. The van der Waals surface area contributed by atoms with Gasteiger partial charge in [0, 0.05) is 26.1 Å². The summed E-state index contributed by atoms with van der Waals surface area (Å²) in [6.07, 6.45) is 8.30. The minimum absolute atomic E-state index is 0. The molecule has 2 saturated heterocycles. The van der Waals surface area contributed by atoms with Gasteiger partial charge in [0.15, 0.2) is 0 Å². The van der Waals surface area contributed by atoms with Crippen LogP contribution in [-0.4, -0.2) is 37.0 Å². The zero-order valence-electron chi connectivity index (χ0n) is 15.2. The van der Waals surface area contributed by atoms with Crippen molar-refractivity contribution in [2.24, 2.45) is 22.7 Å². The van der Waals surface area contributed by atoms with E-state index in [9.17, 15) is 4.79 Å². The fourth-order valence-electron chi connectivity index (χ4n) is 5.53. The van der Waals surface area contributed by atoms with Crippen molar-refractivity contribution in [3.8, 4) is 0 Å². The number of carbonyl (C=O) groups is 1. The van der Waals surface area contributed by atoms with E-state index in [4.69, 9.17) is 0 Å². The number of piperidine rings is 1. The molecule has 1 N–H and O–H groups in total. The highest BCUT2D eigenvalue weighted by Crippen LogP contribution is 2.43.